The molecule has 0 rings (SSSR count). The number of nitrogens with two attached hydrogens (primary N) is 2. The summed E-state index contributed by atoms with van der Waals surface area (Å²) in [5, 5.41) is 2.29. The minimum Gasteiger partial charge on any atom is -0.352 e. The summed E-state index contributed by atoms with van der Waals surface area (Å²) >= 11 is 0. The highest BCUT2D eigenvalue weighted by Crippen LogP contribution is 1.54. The number of hydrogen-bond donors (Lipinski definition) is 3. The molecule has 0 radical (unpaired) electrons. The molecule has 0 heterocycles. The van der Waals surface area contributed by atoms with E-state index in [0.29, 0.717) is 6.54 Å². The number of carbonyl (C=O) groups is 1. The predicted molar refractivity (Wildman–Crippen MR) is 34.4 cm³/mol. The Morgan fingerprint density at radius 3 is 2.67 bits per heavy atom. The molecule has 0 unspecified atom stereocenters. The van der Waals surface area contributed by atoms with Gasteiger partial charge in [-0.05, 0) is 0 Å². The Bertz CT molecular complexity index is 144. The summed E-state index contributed by atoms with van der Waals surface area (Å²) in [7, 11) is 0. The summed E-state index contributed by atoms with van der Waals surface area (Å²) in [5.74, 6) is 5.14. The summed E-state index contributed by atoms with van der Waals surface area (Å²) in [5.41, 5.74) is 9.75. The second-order valence-electron chi connectivity index (χ2n) is 1.28. The predicted octanol–water partition coefficient (Wildman–Crippen LogP) is -1.38. The normalized spacial score (nSPS) is 7.22. The standard InChI is InChI=1S/C5H9N3O/c6-3-1-2-4-8-5(7)9/h3-4,6H2,(H3,7,8,9). The van der Waals surface area contributed by atoms with Crippen molar-refractivity contribution < 1.29 is 4.79 Å². The fourth-order valence-corrected chi connectivity index (χ4v) is 0.266. The van der Waals surface area contributed by atoms with Crippen LogP contribution in [0.5, 0.6) is 0 Å². The van der Waals surface area contributed by atoms with Crippen LogP contribution in [-0.4, -0.2) is 19.1 Å². The molecule has 0 saturated carbocycles. The van der Waals surface area contributed by atoms with E-state index in [1.165, 1.54) is 0 Å². The van der Waals surface area contributed by atoms with E-state index < -0.39 is 6.03 Å². The van der Waals surface area contributed by atoms with Crippen LogP contribution >= 0.6 is 0 Å². The van der Waals surface area contributed by atoms with Crippen LogP contribution in [0.1, 0.15) is 0 Å². The first-order valence-electron chi connectivity index (χ1n) is 2.46. The Hall–Kier alpha value is -1.21. The van der Waals surface area contributed by atoms with Gasteiger partial charge in [-0.3, -0.25) is 0 Å². The van der Waals surface area contributed by atoms with Gasteiger partial charge in [0.15, 0.2) is 0 Å². The Morgan fingerprint density at radius 1 is 1.56 bits per heavy atom. The van der Waals surface area contributed by atoms with Gasteiger partial charge in [0.1, 0.15) is 0 Å². The number of nitrogens with one attached hydrogen (secondary N) is 1. The van der Waals surface area contributed by atoms with E-state index in [9.17, 15) is 4.79 Å². The molecule has 4 nitrogen and oxygen atoms in total. The van der Waals surface area contributed by atoms with Crippen molar-refractivity contribution in [3.8, 4) is 11.8 Å². The van der Waals surface area contributed by atoms with Crippen molar-refractivity contribution in [3.05, 3.63) is 0 Å². The molecule has 0 aliphatic carbocycles. The molecule has 0 aliphatic rings. The van der Waals surface area contributed by atoms with Crippen LogP contribution in [0.25, 0.3) is 0 Å². The minimum atomic E-state index is -0.568. The van der Waals surface area contributed by atoms with E-state index >= 15 is 0 Å². The van der Waals surface area contributed by atoms with Gasteiger partial charge in [-0.2, -0.15) is 0 Å². The van der Waals surface area contributed by atoms with Gasteiger partial charge in [-0.15, -0.1) is 0 Å². The number of rotatable bonds is 1. The Morgan fingerprint density at radius 2 is 2.22 bits per heavy atom. The molecule has 50 valence electrons. The van der Waals surface area contributed by atoms with E-state index in [2.05, 4.69) is 17.2 Å². The second kappa shape index (κ2) is 4.94. The summed E-state index contributed by atoms with van der Waals surface area (Å²) in [6, 6.07) is -0.568. The number of carbonyl (C=O) groups excluding carboxylic acids is 1. The van der Waals surface area contributed by atoms with Gasteiger partial charge in [0.25, 0.3) is 0 Å². The molecule has 0 aromatic carbocycles. The quantitative estimate of drug-likeness (QED) is 0.379. The van der Waals surface area contributed by atoms with Crippen LogP contribution in [0.15, 0.2) is 0 Å². The van der Waals surface area contributed by atoms with Crippen LogP contribution in [0.4, 0.5) is 4.79 Å². The van der Waals surface area contributed by atoms with Crippen LogP contribution in [0, 0.1) is 11.8 Å². The number of hydrogen-bond acceptors (Lipinski definition) is 2. The molecule has 0 aromatic heterocycles. The van der Waals surface area contributed by atoms with E-state index in [1.54, 1.807) is 0 Å². The zero-order valence-corrected chi connectivity index (χ0v) is 4.98. The summed E-state index contributed by atoms with van der Waals surface area (Å²) in [4.78, 5) is 9.97. The lowest BCUT2D eigenvalue weighted by atomic mass is 10.5. The summed E-state index contributed by atoms with van der Waals surface area (Å²) in [6.45, 7) is 0.576. The molecule has 0 spiro atoms. The molecular weight excluding hydrogens is 118 g/mol. The van der Waals surface area contributed by atoms with Crippen LogP contribution in [-0.2, 0) is 0 Å². The molecule has 0 saturated heterocycles. The van der Waals surface area contributed by atoms with Crippen molar-refractivity contribution in [1.82, 2.24) is 5.32 Å². The van der Waals surface area contributed by atoms with E-state index in [0.717, 1.165) is 0 Å². The van der Waals surface area contributed by atoms with E-state index in [1.807, 2.05) is 0 Å². The third-order valence-electron chi connectivity index (χ3n) is 0.578. The lowest BCUT2D eigenvalue weighted by molar-refractivity contribution is 0.250. The first kappa shape index (κ1) is 7.79. The maximum Gasteiger partial charge on any atom is 0.312 e. The van der Waals surface area contributed by atoms with Gasteiger partial charge in [-0.1, -0.05) is 11.8 Å². The van der Waals surface area contributed by atoms with Gasteiger partial charge in [0, 0.05) is 0 Å². The summed E-state index contributed by atoms with van der Waals surface area (Å²) < 4.78 is 0. The van der Waals surface area contributed by atoms with Crippen LogP contribution < -0.4 is 16.8 Å². The lowest BCUT2D eigenvalue weighted by Gasteiger charge is -1.89. The number of primary amides is 1. The smallest absolute Gasteiger partial charge is 0.312 e. The van der Waals surface area contributed by atoms with E-state index in [4.69, 9.17) is 11.5 Å². The molecule has 5 N–H and O–H groups in total. The molecule has 0 atom stereocenters. The zero-order chi connectivity index (χ0) is 7.11. The maximum absolute atomic E-state index is 9.97. The van der Waals surface area contributed by atoms with E-state index in [-0.39, 0.29) is 6.54 Å². The Kier molecular flexibility index (Phi) is 4.27. The summed E-state index contributed by atoms with van der Waals surface area (Å²) in [6.07, 6.45) is 0. The average Bonchev–Trinajstić information content (AvgIpc) is 1.80. The molecule has 0 bridgehead atoms. The van der Waals surface area contributed by atoms with Crippen molar-refractivity contribution in [2.75, 3.05) is 13.1 Å². The van der Waals surface area contributed by atoms with Gasteiger partial charge in [0.2, 0.25) is 0 Å². The van der Waals surface area contributed by atoms with Crippen molar-refractivity contribution in [1.29, 1.82) is 0 Å². The SMILES string of the molecule is NCC#CCNC(N)=O. The third-order valence-corrected chi connectivity index (χ3v) is 0.578. The first-order chi connectivity index (χ1) is 4.27. The molecule has 4 heteroatoms. The van der Waals surface area contributed by atoms with Gasteiger partial charge >= 0.3 is 6.03 Å². The van der Waals surface area contributed by atoms with Crippen molar-refractivity contribution in [2.24, 2.45) is 11.5 Å². The Balaban J connectivity index is 3.19. The molecule has 2 amide bonds. The van der Waals surface area contributed by atoms with Gasteiger partial charge in [-0.25, -0.2) is 4.79 Å². The van der Waals surface area contributed by atoms with Crippen molar-refractivity contribution in [2.45, 2.75) is 0 Å². The molecule has 0 aromatic rings. The number of amides is 2. The molecule has 0 aliphatic heterocycles. The van der Waals surface area contributed by atoms with Crippen molar-refractivity contribution in [3.63, 3.8) is 0 Å². The second-order valence-corrected chi connectivity index (χ2v) is 1.28. The highest BCUT2D eigenvalue weighted by atomic mass is 16.2. The lowest BCUT2D eigenvalue weighted by Crippen LogP contribution is -2.29. The van der Waals surface area contributed by atoms with Crippen molar-refractivity contribution >= 4 is 6.03 Å². The minimum absolute atomic E-state index is 0.270. The van der Waals surface area contributed by atoms with Gasteiger partial charge < -0.3 is 16.8 Å². The zero-order valence-electron chi connectivity index (χ0n) is 4.98. The topological polar surface area (TPSA) is 81.1 Å². The highest BCUT2D eigenvalue weighted by Gasteiger charge is 1.82. The maximum atomic E-state index is 9.97. The fourth-order valence-electron chi connectivity index (χ4n) is 0.266. The third kappa shape index (κ3) is 6.79. The molecule has 9 heavy (non-hydrogen) atoms. The Labute approximate surface area is 53.6 Å². The largest absolute Gasteiger partial charge is 0.352 e. The average molecular weight is 127 g/mol. The number of urea groups is 1. The van der Waals surface area contributed by atoms with Crippen LogP contribution in [0.2, 0.25) is 0 Å². The van der Waals surface area contributed by atoms with Crippen LogP contribution in [0.3, 0.4) is 0 Å². The fraction of sp³-hybridized carbons (Fsp3) is 0.400. The molecular formula is C5H9N3O. The van der Waals surface area contributed by atoms with Gasteiger partial charge in [0.05, 0.1) is 13.1 Å². The monoisotopic (exact) mass is 127 g/mol. The highest BCUT2D eigenvalue weighted by molar-refractivity contribution is 5.71. The molecule has 0 fully saturated rings. The first-order valence-corrected chi connectivity index (χ1v) is 2.46.